The Bertz CT molecular complexity index is 366. The number of allylic oxidation sites excluding steroid dienone is 1. The molecule has 0 aliphatic carbocycles. The molecule has 0 saturated heterocycles. The lowest BCUT2D eigenvalue weighted by Gasteiger charge is -1.93. The molecule has 0 aromatic heterocycles. The molecule has 3 heteroatoms. The fourth-order valence-electron chi connectivity index (χ4n) is 0.957. The van der Waals surface area contributed by atoms with Gasteiger partial charge in [-0.05, 0) is 17.7 Å². The summed E-state index contributed by atoms with van der Waals surface area (Å²) < 4.78 is 0. The van der Waals surface area contributed by atoms with Crippen LogP contribution in [-0.2, 0) is 4.79 Å². The smallest absolute Gasteiger partial charge is 0.328 e. The van der Waals surface area contributed by atoms with Crippen LogP contribution in [0.3, 0.4) is 0 Å². The molecular formula is C11H11NO2. The van der Waals surface area contributed by atoms with Gasteiger partial charge < -0.3 is 10.8 Å². The maximum Gasteiger partial charge on any atom is 0.328 e. The number of hydrogen-bond donors (Lipinski definition) is 2. The highest BCUT2D eigenvalue weighted by atomic mass is 16.4. The highest BCUT2D eigenvalue weighted by molar-refractivity contribution is 5.80. The fraction of sp³-hybridized carbons (Fsp3) is 0. The van der Waals surface area contributed by atoms with Crippen LogP contribution < -0.4 is 5.73 Å². The van der Waals surface area contributed by atoms with Crippen LogP contribution in [0.15, 0.2) is 48.2 Å². The third kappa shape index (κ3) is 3.58. The molecule has 72 valence electrons. The van der Waals surface area contributed by atoms with Crippen molar-refractivity contribution in [1.82, 2.24) is 0 Å². The van der Waals surface area contributed by atoms with Crippen molar-refractivity contribution in [1.29, 1.82) is 0 Å². The third-order valence-corrected chi connectivity index (χ3v) is 1.55. The predicted octanol–water partition coefficient (Wildman–Crippen LogP) is 1.63. The lowest BCUT2D eigenvalue weighted by Crippen LogP contribution is -1.94. The van der Waals surface area contributed by atoms with Crippen molar-refractivity contribution in [2.24, 2.45) is 5.73 Å². The summed E-state index contributed by atoms with van der Waals surface area (Å²) in [6.07, 6.45) is 4.07. The molecule has 0 bridgehead atoms. The number of nitrogens with two attached hydrogens (primary N) is 1. The Balaban J connectivity index is 2.74. The van der Waals surface area contributed by atoms with Crippen LogP contribution in [0.1, 0.15) is 5.56 Å². The Morgan fingerprint density at radius 3 is 2.43 bits per heavy atom. The van der Waals surface area contributed by atoms with Crippen molar-refractivity contribution in [3.05, 3.63) is 53.7 Å². The van der Waals surface area contributed by atoms with Gasteiger partial charge in [0.25, 0.3) is 0 Å². The SMILES string of the molecule is NC(C=CC(=O)O)=Cc1ccccc1. The first kappa shape index (κ1) is 10.1. The number of carboxylic acids is 1. The van der Waals surface area contributed by atoms with E-state index in [4.69, 9.17) is 10.8 Å². The van der Waals surface area contributed by atoms with Crippen LogP contribution in [0.2, 0.25) is 0 Å². The van der Waals surface area contributed by atoms with Crippen LogP contribution in [0.5, 0.6) is 0 Å². The summed E-state index contributed by atoms with van der Waals surface area (Å²) >= 11 is 0. The second-order valence-electron chi connectivity index (χ2n) is 2.73. The second kappa shape index (κ2) is 4.87. The number of carboxylic acid groups (broad SMARTS) is 1. The van der Waals surface area contributed by atoms with Crippen LogP contribution in [-0.4, -0.2) is 11.1 Å². The highest BCUT2D eigenvalue weighted by Gasteiger charge is 1.89. The van der Waals surface area contributed by atoms with E-state index < -0.39 is 5.97 Å². The van der Waals surface area contributed by atoms with E-state index in [0.717, 1.165) is 11.6 Å². The summed E-state index contributed by atoms with van der Waals surface area (Å²) in [6, 6.07) is 9.46. The van der Waals surface area contributed by atoms with E-state index in [1.165, 1.54) is 6.08 Å². The van der Waals surface area contributed by atoms with Gasteiger partial charge in [-0.25, -0.2) is 4.79 Å². The fourth-order valence-corrected chi connectivity index (χ4v) is 0.957. The molecule has 0 amide bonds. The van der Waals surface area contributed by atoms with Crippen LogP contribution >= 0.6 is 0 Å². The van der Waals surface area contributed by atoms with Crippen molar-refractivity contribution >= 4 is 12.0 Å². The average molecular weight is 189 g/mol. The molecule has 3 nitrogen and oxygen atoms in total. The van der Waals surface area contributed by atoms with Gasteiger partial charge in [0, 0.05) is 11.8 Å². The van der Waals surface area contributed by atoms with Gasteiger partial charge in [0.2, 0.25) is 0 Å². The van der Waals surface area contributed by atoms with Gasteiger partial charge in [0.1, 0.15) is 0 Å². The lowest BCUT2D eigenvalue weighted by atomic mass is 10.2. The lowest BCUT2D eigenvalue weighted by molar-refractivity contribution is -0.131. The molecule has 14 heavy (non-hydrogen) atoms. The van der Waals surface area contributed by atoms with Crippen LogP contribution in [0.4, 0.5) is 0 Å². The van der Waals surface area contributed by atoms with Gasteiger partial charge in [-0.2, -0.15) is 0 Å². The van der Waals surface area contributed by atoms with E-state index in [9.17, 15) is 4.79 Å². The minimum atomic E-state index is -1.01. The van der Waals surface area contributed by atoms with E-state index in [1.807, 2.05) is 30.3 Å². The molecule has 3 N–H and O–H groups in total. The average Bonchev–Trinajstić information content (AvgIpc) is 2.16. The minimum Gasteiger partial charge on any atom is -0.478 e. The number of hydrogen-bond acceptors (Lipinski definition) is 2. The molecule has 0 heterocycles. The van der Waals surface area contributed by atoms with E-state index >= 15 is 0 Å². The minimum absolute atomic E-state index is 0.415. The quantitative estimate of drug-likeness (QED) is 0.561. The summed E-state index contributed by atoms with van der Waals surface area (Å²) in [5.74, 6) is -1.01. The standard InChI is InChI=1S/C11H11NO2/c12-10(6-7-11(13)14)8-9-4-2-1-3-5-9/h1-8H,12H2,(H,13,14). The number of aliphatic carboxylic acids is 1. The van der Waals surface area contributed by atoms with E-state index in [2.05, 4.69) is 0 Å². The second-order valence-corrected chi connectivity index (χ2v) is 2.73. The summed E-state index contributed by atoms with van der Waals surface area (Å²) in [5, 5.41) is 8.36. The largest absolute Gasteiger partial charge is 0.478 e. The zero-order valence-corrected chi connectivity index (χ0v) is 7.55. The molecular weight excluding hydrogens is 178 g/mol. The van der Waals surface area contributed by atoms with Crippen LogP contribution in [0.25, 0.3) is 6.08 Å². The zero-order chi connectivity index (χ0) is 10.4. The predicted molar refractivity (Wildman–Crippen MR) is 55.4 cm³/mol. The summed E-state index contributed by atoms with van der Waals surface area (Å²) in [7, 11) is 0. The first-order chi connectivity index (χ1) is 6.68. The molecule has 0 aliphatic heterocycles. The van der Waals surface area contributed by atoms with E-state index in [0.29, 0.717) is 5.70 Å². The highest BCUT2D eigenvalue weighted by Crippen LogP contribution is 2.03. The Kier molecular flexibility index (Phi) is 3.49. The zero-order valence-electron chi connectivity index (χ0n) is 7.55. The maximum atomic E-state index is 10.2. The molecule has 0 unspecified atom stereocenters. The number of carbonyl (C=O) groups is 1. The van der Waals surface area contributed by atoms with Gasteiger partial charge in [0.05, 0.1) is 0 Å². The first-order valence-electron chi connectivity index (χ1n) is 4.12. The molecule has 0 atom stereocenters. The van der Waals surface area contributed by atoms with Gasteiger partial charge in [-0.15, -0.1) is 0 Å². The molecule has 1 aromatic rings. The molecule has 0 fully saturated rings. The van der Waals surface area contributed by atoms with Crippen molar-refractivity contribution in [3.8, 4) is 0 Å². The van der Waals surface area contributed by atoms with E-state index in [-0.39, 0.29) is 0 Å². The molecule has 0 saturated carbocycles. The maximum absolute atomic E-state index is 10.2. The van der Waals surface area contributed by atoms with Crippen LogP contribution in [0, 0.1) is 0 Å². The number of benzene rings is 1. The van der Waals surface area contributed by atoms with Crippen molar-refractivity contribution in [2.75, 3.05) is 0 Å². The summed E-state index contributed by atoms with van der Waals surface area (Å²) in [5.41, 5.74) is 6.92. The van der Waals surface area contributed by atoms with Gasteiger partial charge in [-0.1, -0.05) is 30.3 Å². The van der Waals surface area contributed by atoms with Gasteiger partial charge in [-0.3, -0.25) is 0 Å². The molecule has 0 aliphatic rings. The number of rotatable bonds is 3. The van der Waals surface area contributed by atoms with Crippen molar-refractivity contribution in [2.45, 2.75) is 0 Å². The monoisotopic (exact) mass is 189 g/mol. The van der Waals surface area contributed by atoms with Gasteiger partial charge in [0.15, 0.2) is 0 Å². The third-order valence-electron chi connectivity index (χ3n) is 1.55. The Morgan fingerprint density at radius 2 is 1.86 bits per heavy atom. The Morgan fingerprint density at radius 1 is 1.21 bits per heavy atom. The van der Waals surface area contributed by atoms with Gasteiger partial charge >= 0.3 is 5.97 Å². The topological polar surface area (TPSA) is 63.3 Å². The van der Waals surface area contributed by atoms with Crippen molar-refractivity contribution in [3.63, 3.8) is 0 Å². The summed E-state index contributed by atoms with van der Waals surface area (Å²) in [6.45, 7) is 0. The molecule has 0 radical (unpaired) electrons. The Hall–Kier alpha value is -2.03. The molecule has 0 spiro atoms. The summed E-state index contributed by atoms with van der Waals surface area (Å²) in [4.78, 5) is 10.2. The molecule has 1 aromatic carbocycles. The van der Waals surface area contributed by atoms with Crippen molar-refractivity contribution < 1.29 is 9.90 Å². The Labute approximate surface area is 82.2 Å². The van der Waals surface area contributed by atoms with E-state index in [1.54, 1.807) is 6.08 Å². The first-order valence-corrected chi connectivity index (χ1v) is 4.12. The molecule has 1 rings (SSSR count). The normalized spacial score (nSPS) is 11.9.